The van der Waals surface area contributed by atoms with Crippen molar-refractivity contribution in [3.05, 3.63) is 0 Å². The highest BCUT2D eigenvalue weighted by Gasteiger charge is 2.86. The highest BCUT2D eigenvalue weighted by atomic mass is 32.2. The number of esters is 1. The molecule has 4 unspecified atom stereocenters. The number of unbranched alkanes of at least 4 members (excludes halogenated alkanes) is 1. The Hall–Kier alpha value is -1.11. The maximum absolute atomic E-state index is 12.3. The summed E-state index contributed by atoms with van der Waals surface area (Å²) in [5, 5.41) is 38.1. The van der Waals surface area contributed by atoms with Crippen molar-refractivity contribution in [2.45, 2.75) is 98.9 Å². The van der Waals surface area contributed by atoms with Crippen molar-refractivity contribution in [2.75, 3.05) is 19.0 Å². The van der Waals surface area contributed by atoms with Gasteiger partial charge in [-0.2, -0.15) is 11.8 Å². The third kappa shape index (κ3) is 3.19. The lowest BCUT2D eigenvalue weighted by Crippen LogP contribution is -2.96. The van der Waals surface area contributed by atoms with Crippen molar-refractivity contribution in [3.8, 4) is 0 Å². The van der Waals surface area contributed by atoms with Gasteiger partial charge >= 0.3 is 12.0 Å². The van der Waals surface area contributed by atoms with E-state index in [4.69, 9.17) is 14.2 Å². The Morgan fingerprint density at radius 2 is 1.88 bits per heavy atom. The summed E-state index contributed by atoms with van der Waals surface area (Å²) in [4.78, 5) is 23.8. The van der Waals surface area contributed by atoms with E-state index >= 15 is 0 Å². The summed E-state index contributed by atoms with van der Waals surface area (Å²) < 4.78 is 17.0. The Kier molecular flexibility index (Phi) is 5.79. The molecule has 11 heteroatoms. The fourth-order valence-corrected chi connectivity index (χ4v) is 6.99. The number of hydrogen-bond donors (Lipinski definition) is 5. The van der Waals surface area contributed by atoms with Gasteiger partial charge in [-0.25, -0.2) is 4.79 Å². The molecule has 0 aromatic heterocycles. The lowest BCUT2D eigenvalue weighted by molar-refractivity contribution is -0.578. The summed E-state index contributed by atoms with van der Waals surface area (Å²) in [6.07, 6.45) is 2.61. The van der Waals surface area contributed by atoms with Gasteiger partial charge < -0.3 is 40.2 Å². The van der Waals surface area contributed by atoms with Gasteiger partial charge in [0, 0.05) is 17.4 Å². The van der Waals surface area contributed by atoms with Crippen LogP contribution in [0.1, 0.15) is 53.4 Å². The fraction of sp³-hybridized carbons (Fsp3) is 0.905. The van der Waals surface area contributed by atoms with Crippen molar-refractivity contribution in [1.82, 2.24) is 10.6 Å². The molecular formula is C21H34N2O8S. The molecule has 5 saturated heterocycles. The maximum atomic E-state index is 12.3. The number of fused-ring (bicyclic) bond motifs is 3. The van der Waals surface area contributed by atoms with Gasteiger partial charge in [0.1, 0.15) is 35.6 Å². The first-order valence-corrected chi connectivity index (χ1v) is 12.2. The van der Waals surface area contributed by atoms with Crippen molar-refractivity contribution in [2.24, 2.45) is 0 Å². The third-order valence-corrected chi connectivity index (χ3v) is 9.67. The predicted octanol–water partition coefficient (Wildman–Crippen LogP) is 0.0238. The first kappa shape index (κ1) is 24.0. The molecule has 2 bridgehead atoms. The van der Waals surface area contributed by atoms with Crippen molar-refractivity contribution in [1.29, 1.82) is 0 Å². The molecule has 8 atom stereocenters. The number of aliphatic hydroxyl groups excluding tert-OH is 1. The van der Waals surface area contributed by atoms with Gasteiger partial charge in [0.15, 0.2) is 0 Å². The monoisotopic (exact) mass is 474 g/mol. The zero-order chi connectivity index (χ0) is 23.6. The van der Waals surface area contributed by atoms with Crippen LogP contribution in [-0.4, -0.2) is 91.8 Å². The minimum absolute atomic E-state index is 0.107. The van der Waals surface area contributed by atoms with Crippen LogP contribution in [0.15, 0.2) is 0 Å². The first-order valence-electron chi connectivity index (χ1n) is 11.1. The van der Waals surface area contributed by atoms with Crippen LogP contribution >= 0.6 is 11.8 Å². The summed E-state index contributed by atoms with van der Waals surface area (Å²) in [7, 11) is 0. The second-order valence-corrected chi connectivity index (χ2v) is 11.3. The van der Waals surface area contributed by atoms with E-state index in [9.17, 15) is 24.9 Å². The standard InChI is InChI=1S/C21H34N2O8S/c1-17(18(2,27)20(4)19(3,28)21(10-24,30-17)31-20)11-29-14(25)8-6-5-7-13-15-12(9-32-13)22-16(26)23-15/h12-13,15,24,27-28H,5-11H2,1-4H3,(H2,22,23,26)/t12-,13?,15-,17+,18?,19-,20?,21?/m0/s1. The molecule has 0 radical (unpaired) electrons. The van der Waals surface area contributed by atoms with Crippen LogP contribution in [0.2, 0.25) is 0 Å². The number of ether oxygens (including phenoxy) is 3. The normalized spacial score (nSPS) is 49.1. The van der Waals surface area contributed by atoms with Crippen LogP contribution in [0.25, 0.3) is 0 Å². The van der Waals surface area contributed by atoms with E-state index in [1.54, 1.807) is 13.8 Å². The number of carbonyl (C=O) groups excluding carboxylic acids is 2. The Balaban J connectivity index is 1.25. The zero-order valence-electron chi connectivity index (χ0n) is 19.0. The highest BCUT2D eigenvalue weighted by Crippen LogP contribution is 2.64. The summed E-state index contributed by atoms with van der Waals surface area (Å²) in [5.41, 5.74) is -6.13. The van der Waals surface area contributed by atoms with E-state index in [0.717, 1.165) is 18.6 Å². The Morgan fingerprint density at radius 1 is 1.16 bits per heavy atom. The number of urea groups is 1. The van der Waals surface area contributed by atoms with E-state index < -0.39 is 40.8 Å². The number of rotatable bonds is 8. The van der Waals surface area contributed by atoms with E-state index in [1.807, 2.05) is 11.8 Å². The maximum Gasteiger partial charge on any atom is 0.315 e. The summed E-state index contributed by atoms with van der Waals surface area (Å²) in [6.45, 7) is 5.21. The molecule has 0 aromatic rings. The smallest absolute Gasteiger partial charge is 0.315 e. The minimum Gasteiger partial charge on any atom is -0.462 e. The van der Waals surface area contributed by atoms with E-state index in [-0.39, 0.29) is 31.1 Å². The van der Waals surface area contributed by atoms with Crippen LogP contribution in [0, 0.1) is 0 Å². The molecule has 5 rings (SSSR count). The van der Waals surface area contributed by atoms with Gasteiger partial charge in [0.25, 0.3) is 0 Å². The second kappa shape index (κ2) is 7.71. The number of hydrogen-bond acceptors (Lipinski definition) is 9. The van der Waals surface area contributed by atoms with Crippen LogP contribution < -0.4 is 10.6 Å². The molecule has 0 aromatic carbocycles. The van der Waals surface area contributed by atoms with Crippen molar-refractivity contribution in [3.63, 3.8) is 0 Å². The molecule has 32 heavy (non-hydrogen) atoms. The number of amides is 2. The molecule has 0 aliphatic carbocycles. The molecule has 5 aliphatic heterocycles. The number of carbonyl (C=O) groups is 2. The molecular weight excluding hydrogens is 440 g/mol. The molecule has 5 fully saturated rings. The van der Waals surface area contributed by atoms with Gasteiger partial charge in [-0.3, -0.25) is 4.79 Å². The van der Waals surface area contributed by atoms with Crippen molar-refractivity contribution < 1.29 is 39.1 Å². The van der Waals surface area contributed by atoms with Crippen LogP contribution in [0.3, 0.4) is 0 Å². The Morgan fingerprint density at radius 3 is 2.53 bits per heavy atom. The average Bonchev–Trinajstić information content (AvgIpc) is 3.27. The topological polar surface area (TPSA) is 147 Å². The van der Waals surface area contributed by atoms with Crippen LogP contribution in [-0.2, 0) is 19.0 Å². The quantitative estimate of drug-likeness (QED) is 0.187. The van der Waals surface area contributed by atoms with Gasteiger partial charge in [-0.15, -0.1) is 0 Å². The van der Waals surface area contributed by atoms with Crippen LogP contribution in [0.5, 0.6) is 0 Å². The Bertz CT molecular complexity index is 794. The SMILES string of the molecule is CC12OC(CO)(O[C@](C)(COC(=O)CCCCC3SC[C@@H]4NC(=O)N[C@H]34)C1(C)O)[C@@]2(C)O. The van der Waals surface area contributed by atoms with Gasteiger partial charge in [0.2, 0.25) is 5.79 Å². The Labute approximate surface area is 191 Å². The number of nitrogens with one attached hydrogen (secondary N) is 2. The second-order valence-electron chi connectivity index (χ2n) is 10.1. The largest absolute Gasteiger partial charge is 0.462 e. The average molecular weight is 475 g/mol. The minimum atomic E-state index is -1.70. The highest BCUT2D eigenvalue weighted by molar-refractivity contribution is 8.00. The van der Waals surface area contributed by atoms with Crippen molar-refractivity contribution >= 4 is 23.8 Å². The predicted molar refractivity (Wildman–Crippen MR) is 115 cm³/mol. The zero-order valence-corrected chi connectivity index (χ0v) is 19.8. The molecule has 10 nitrogen and oxygen atoms in total. The fourth-order valence-electron chi connectivity index (χ4n) is 5.44. The molecule has 5 N–H and O–H groups in total. The molecule has 2 amide bonds. The molecule has 0 saturated carbocycles. The number of aliphatic hydroxyl groups is 3. The van der Waals surface area contributed by atoms with Crippen LogP contribution in [0.4, 0.5) is 4.79 Å². The van der Waals surface area contributed by atoms with Gasteiger partial charge in [-0.1, -0.05) is 6.42 Å². The summed E-state index contributed by atoms with van der Waals surface area (Å²) in [6, 6.07) is 0.229. The molecule has 0 spiro atoms. The molecule has 5 aliphatic rings. The van der Waals surface area contributed by atoms with E-state index in [1.165, 1.54) is 13.8 Å². The van der Waals surface area contributed by atoms with Gasteiger partial charge in [0.05, 0.1) is 12.1 Å². The lowest BCUT2D eigenvalue weighted by Gasteiger charge is -2.75. The van der Waals surface area contributed by atoms with E-state index in [0.29, 0.717) is 11.7 Å². The summed E-state index contributed by atoms with van der Waals surface area (Å²) in [5.74, 6) is -1.19. The first-order chi connectivity index (χ1) is 14.8. The summed E-state index contributed by atoms with van der Waals surface area (Å²) >= 11 is 1.84. The van der Waals surface area contributed by atoms with Gasteiger partial charge in [-0.05, 0) is 40.5 Å². The lowest BCUT2D eigenvalue weighted by atomic mass is 9.56. The third-order valence-electron chi connectivity index (χ3n) is 8.16. The van der Waals surface area contributed by atoms with E-state index in [2.05, 4.69) is 10.6 Å². The number of thioether (sulfide) groups is 1. The molecule has 182 valence electrons. The molecule has 5 heterocycles.